The fourth-order valence-corrected chi connectivity index (χ4v) is 2.75. The quantitative estimate of drug-likeness (QED) is 0.831. The molecule has 2 aromatic carbocycles. The van der Waals surface area contributed by atoms with Gasteiger partial charge in [0.25, 0.3) is 0 Å². The van der Waals surface area contributed by atoms with Gasteiger partial charge in [-0.15, -0.1) is 0 Å². The van der Waals surface area contributed by atoms with Gasteiger partial charge in [-0.1, -0.05) is 35.9 Å². The monoisotopic (exact) mass is 360 g/mol. The van der Waals surface area contributed by atoms with Crippen molar-refractivity contribution in [2.24, 2.45) is 11.8 Å². The fraction of sp³-hybridized carbons (Fsp3) is 0.263. The van der Waals surface area contributed by atoms with Crippen LogP contribution in [-0.4, -0.2) is 11.8 Å². The van der Waals surface area contributed by atoms with E-state index >= 15 is 0 Å². The van der Waals surface area contributed by atoms with Crippen LogP contribution in [0.25, 0.3) is 0 Å². The summed E-state index contributed by atoms with van der Waals surface area (Å²) in [7, 11) is 0. The van der Waals surface area contributed by atoms with Gasteiger partial charge in [0.2, 0.25) is 11.8 Å². The van der Waals surface area contributed by atoms with E-state index in [0.717, 1.165) is 11.1 Å². The first-order chi connectivity index (χ1) is 12.0. The normalized spacial score (nSPS) is 18.5. The van der Waals surface area contributed by atoms with Gasteiger partial charge in [-0.25, -0.2) is 4.39 Å². The molecule has 0 heterocycles. The van der Waals surface area contributed by atoms with Gasteiger partial charge in [0.15, 0.2) is 0 Å². The van der Waals surface area contributed by atoms with Crippen LogP contribution in [-0.2, 0) is 22.7 Å². The smallest absolute Gasteiger partial charge is 0.224 e. The van der Waals surface area contributed by atoms with Crippen LogP contribution in [0.4, 0.5) is 4.39 Å². The van der Waals surface area contributed by atoms with Gasteiger partial charge >= 0.3 is 0 Å². The lowest BCUT2D eigenvalue weighted by Gasteiger charge is -2.07. The molecule has 1 aliphatic carbocycles. The summed E-state index contributed by atoms with van der Waals surface area (Å²) in [6, 6.07) is 13.2. The number of nitrogens with one attached hydrogen (secondary N) is 2. The molecular weight excluding hydrogens is 343 g/mol. The number of halogens is 2. The Kier molecular flexibility index (Phi) is 5.34. The third-order valence-electron chi connectivity index (χ3n) is 4.22. The van der Waals surface area contributed by atoms with Crippen LogP contribution in [0, 0.1) is 17.7 Å². The summed E-state index contributed by atoms with van der Waals surface area (Å²) >= 11 is 5.82. The summed E-state index contributed by atoms with van der Waals surface area (Å²) in [4.78, 5) is 24.2. The number of amides is 2. The molecule has 0 aliphatic heterocycles. The molecule has 1 saturated carbocycles. The van der Waals surface area contributed by atoms with Crippen LogP contribution in [0.2, 0.25) is 5.02 Å². The van der Waals surface area contributed by atoms with E-state index in [9.17, 15) is 14.0 Å². The molecule has 0 aromatic heterocycles. The van der Waals surface area contributed by atoms with Crippen molar-refractivity contribution in [3.63, 3.8) is 0 Å². The summed E-state index contributed by atoms with van der Waals surface area (Å²) in [5.41, 5.74) is 1.77. The molecule has 0 spiro atoms. The number of carbonyl (C=O) groups excluding carboxylic acids is 2. The molecule has 2 aromatic rings. The first-order valence-corrected chi connectivity index (χ1v) is 8.45. The van der Waals surface area contributed by atoms with Crippen LogP contribution in [0.15, 0.2) is 48.5 Å². The Morgan fingerprint density at radius 1 is 0.880 bits per heavy atom. The zero-order chi connectivity index (χ0) is 17.8. The predicted molar refractivity (Wildman–Crippen MR) is 93.1 cm³/mol. The van der Waals surface area contributed by atoms with Gasteiger partial charge in [0, 0.05) is 18.1 Å². The molecule has 2 unspecified atom stereocenters. The summed E-state index contributed by atoms with van der Waals surface area (Å²) in [5.74, 6) is -1.13. The molecule has 0 radical (unpaired) electrons. The lowest BCUT2D eigenvalue weighted by atomic mass is 10.2. The van der Waals surface area contributed by atoms with Gasteiger partial charge in [0.05, 0.1) is 11.8 Å². The van der Waals surface area contributed by atoms with E-state index in [1.807, 2.05) is 12.1 Å². The predicted octanol–water partition coefficient (Wildman–Crippen LogP) is 3.05. The van der Waals surface area contributed by atoms with Crippen LogP contribution in [0.3, 0.4) is 0 Å². The number of benzene rings is 2. The van der Waals surface area contributed by atoms with E-state index in [2.05, 4.69) is 10.6 Å². The van der Waals surface area contributed by atoms with Crippen LogP contribution in [0.1, 0.15) is 17.5 Å². The Morgan fingerprint density at radius 3 is 1.80 bits per heavy atom. The van der Waals surface area contributed by atoms with E-state index in [-0.39, 0.29) is 29.5 Å². The zero-order valence-corrected chi connectivity index (χ0v) is 14.2. The second kappa shape index (κ2) is 7.66. The maximum atomic E-state index is 12.8. The SMILES string of the molecule is O=C(NCc1ccc(F)cc1)C1CC1C(=O)NCc1ccc(Cl)cc1. The second-order valence-corrected chi connectivity index (χ2v) is 6.57. The molecule has 1 fully saturated rings. The van der Waals surface area contributed by atoms with Gasteiger partial charge in [-0.3, -0.25) is 9.59 Å². The molecule has 2 N–H and O–H groups in total. The van der Waals surface area contributed by atoms with Crippen molar-refractivity contribution in [3.05, 3.63) is 70.5 Å². The Balaban J connectivity index is 1.41. The molecule has 4 nitrogen and oxygen atoms in total. The van der Waals surface area contributed by atoms with E-state index in [0.29, 0.717) is 24.5 Å². The molecule has 2 atom stereocenters. The average Bonchev–Trinajstić information content (AvgIpc) is 3.41. The second-order valence-electron chi connectivity index (χ2n) is 6.14. The van der Waals surface area contributed by atoms with Crippen LogP contribution >= 0.6 is 11.6 Å². The first-order valence-electron chi connectivity index (χ1n) is 8.07. The minimum absolute atomic E-state index is 0.114. The van der Waals surface area contributed by atoms with E-state index in [1.54, 1.807) is 24.3 Å². The molecule has 25 heavy (non-hydrogen) atoms. The van der Waals surface area contributed by atoms with Crippen molar-refractivity contribution in [1.82, 2.24) is 10.6 Å². The van der Waals surface area contributed by atoms with Crippen molar-refractivity contribution in [2.45, 2.75) is 19.5 Å². The summed E-state index contributed by atoms with van der Waals surface area (Å²) in [5, 5.41) is 6.28. The zero-order valence-electron chi connectivity index (χ0n) is 13.5. The highest BCUT2D eigenvalue weighted by Gasteiger charge is 2.47. The standard InChI is InChI=1S/C19H18ClFN2O2/c20-14-5-1-12(2-6-14)10-22-18(24)16-9-17(16)19(25)23-11-13-3-7-15(21)8-4-13/h1-8,16-17H,9-11H2,(H,22,24)(H,23,25). The van der Waals surface area contributed by atoms with E-state index in [1.165, 1.54) is 12.1 Å². The molecular formula is C19H18ClFN2O2. The molecule has 0 bridgehead atoms. The number of carbonyl (C=O) groups is 2. The van der Waals surface area contributed by atoms with Crippen molar-refractivity contribution < 1.29 is 14.0 Å². The van der Waals surface area contributed by atoms with Gasteiger partial charge in [-0.05, 0) is 41.8 Å². The van der Waals surface area contributed by atoms with Gasteiger partial charge in [0.1, 0.15) is 5.82 Å². The summed E-state index contributed by atoms with van der Waals surface area (Å²) < 4.78 is 12.8. The van der Waals surface area contributed by atoms with E-state index in [4.69, 9.17) is 11.6 Å². The Labute approximate surface area is 150 Å². The number of hydrogen-bond acceptors (Lipinski definition) is 2. The topological polar surface area (TPSA) is 58.2 Å². The highest BCUT2D eigenvalue weighted by atomic mass is 35.5. The van der Waals surface area contributed by atoms with Crippen LogP contribution in [0.5, 0.6) is 0 Å². The molecule has 0 saturated heterocycles. The molecule has 1 aliphatic rings. The van der Waals surface area contributed by atoms with E-state index < -0.39 is 0 Å². The van der Waals surface area contributed by atoms with Gasteiger partial charge in [-0.2, -0.15) is 0 Å². The third-order valence-corrected chi connectivity index (χ3v) is 4.48. The first kappa shape index (κ1) is 17.4. The highest BCUT2D eigenvalue weighted by Crippen LogP contribution is 2.38. The lowest BCUT2D eigenvalue weighted by Crippen LogP contribution is -2.29. The molecule has 6 heteroatoms. The summed E-state index contributed by atoms with van der Waals surface area (Å²) in [6.07, 6.45) is 0.557. The number of hydrogen-bond donors (Lipinski definition) is 2. The maximum Gasteiger partial charge on any atom is 0.224 e. The van der Waals surface area contributed by atoms with Crippen molar-refractivity contribution in [3.8, 4) is 0 Å². The lowest BCUT2D eigenvalue weighted by molar-refractivity contribution is -0.127. The van der Waals surface area contributed by atoms with Crippen LogP contribution < -0.4 is 10.6 Å². The highest BCUT2D eigenvalue weighted by molar-refractivity contribution is 6.30. The Morgan fingerprint density at radius 2 is 1.32 bits per heavy atom. The van der Waals surface area contributed by atoms with Crippen molar-refractivity contribution in [1.29, 1.82) is 0 Å². The van der Waals surface area contributed by atoms with Crippen molar-refractivity contribution >= 4 is 23.4 Å². The van der Waals surface area contributed by atoms with Crippen molar-refractivity contribution in [2.75, 3.05) is 0 Å². The summed E-state index contributed by atoms with van der Waals surface area (Å²) in [6.45, 7) is 0.741. The Hall–Kier alpha value is -2.40. The maximum absolute atomic E-state index is 12.8. The minimum atomic E-state index is -0.310. The average molecular weight is 361 g/mol. The Bertz CT molecular complexity index is 696. The third kappa shape index (κ3) is 4.79. The van der Waals surface area contributed by atoms with Gasteiger partial charge < -0.3 is 10.6 Å². The largest absolute Gasteiger partial charge is 0.352 e. The fourth-order valence-electron chi connectivity index (χ4n) is 2.62. The minimum Gasteiger partial charge on any atom is -0.352 e. The molecule has 3 rings (SSSR count). The molecule has 130 valence electrons. The molecule has 2 amide bonds. The number of rotatable bonds is 6.